The smallest absolute Gasteiger partial charge is 0.137 e. The van der Waals surface area contributed by atoms with Gasteiger partial charge in [0.25, 0.3) is 0 Å². The molecule has 4 rings (SSSR count). The van der Waals surface area contributed by atoms with Gasteiger partial charge in [-0.15, -0.1) is 0 Å². The van der Waals surface area contributed by atoms with Crippen molar-refractivity contribution in [1.29, 1.82) is 0 Å². The molecule has 23 heavy (non-hydrogen) atoms. The Labute approximate surface area is 135 Å². The molecular formula is C18H19N5. The van der Waals surface area contributed by atoms with Crippen molar-refractivity contribution < 1.29 is 0 Å². The van der Waals surface area contributed by atoms with Gasteiger partial charge in [-0.25, -0.2) is 4.98 Å². The molecule has 5 nitrogen and oxygen atoms in total. The van der Waals surface area contributed by atoms with Crippen LogP contribution >= 0.6 is 0 Å². The number of nitrogens with one attached hydrogen (secondary N) is 1. The molecule has 3 aromatic heterocycles. The van der Waals surface area contributed by atoms with Crippen LogP contribution in [-0.2, 0) is 0 Å². The average Bonchev–Trinajstić information content (AvgIpc) is 2.61. The van der Waals surface area contributed by atoms with E-state index < -0.39 is 0 Å². The Morgan fingerprint density at radius 2 is 1.96 bits per heavy atom. The van der Waals surface area contributed by atoms with Gasteiger partial charge in [-0.05, 0) is 31.2 Å². The summed E-state index contributed by atoms with van der Waals surface area (Å²) >= 11 is 0. The first-order chi connectivity index (χ1) is 11.3. The molecule has 3 aromatic rings. The van der Waals surface area contributed by atoms with E-state index in [2.05, 4.69) is 39.2 Å². The van der Waals surface area contributed by atoms with Gasteiger partial charge in [-0.3, -0.25) is 9.97 Å². The van der Waals surface area contributed by atoms with E-state index in [1.54, 1.807) is 12.4 Å². The average molecular weight is 305 g/mol. The van der Waals surface area contributed by atoms with Crippen LogP contribution in [-0.4, -0.2) is 40.6 Å². The summed E-state index contributed by atoms with van der Waals surface area (Å²) in [6, 6.07) is 8.61. The lowest BCUT2D eigenvalue weighted by molar-refractivity contribution is 0.483. The fraction of sp³-hybridized carbons (Fsp3) is 0.278. The molecule has 1 aliphatic heterocycles. The fourth-order valence-electron chi connectivity index (χ4n) is 3.12. The molecule has 1 saturated heterocycles. The molecule has 4 heterocycles. The highest BCUT2D eigenvalue weighted by molar-refractivity contribution is 5.94. The van der Waals surface area contributed by atoms with Crippen LogP contribution in [0.3, 0.4) is 0 Å². The molecule has 116 valence electrons. The van der Waals surface area contributed by atoms with Gasteiger partial charge < -0.3 is 10.2 Å². The minimum atomic E-state index is 0.465. The Kier molecular flexibility index (Phi) is 3.63. The maximum Gasteiger partial charge on any atom is 0.137 e. The molecule has 5 heteroatoms. The number of anilines is 1. The van der Waals surface area contributed by atoms with Crippen molar-refractivity contribution in [2.24, 2.45) is 0 Å². The summed E-state index contributed by atoms with van der Waals surface area (Å²) in [6.07, 6.45) is 7.36. The molecule has 1 N–H and O–H groups in total. The summed E-state index contributed by atoms with van der Waals surface area (Å²) < 4.78 is 0. The molecule has 0 unspecified atom stereocenters. The molecule has 1 atom stereocenters. The zero-order valence-electron chi connectivity index (χ0n) is 13.1. The molecule has 0 saturated carbocycles. The van der Waals surface area contributed by atoms with Gasteiger partial charge in [0.05, 0.1) is 5.69 Å². The molecular weight excluding hydrogens is 286 g/mol. The number of rotatable bonds is 2. The second-order valence-corrected chi connectivity index (χ2v) is 5.96. The van der Waals surface area contributed by atoms with Crippen molar-refractivity contribution in [2.45, 2.75) is 13.0 Å². The second-order valence-electron chi connectivity index (χ2n) is 5.96. The highest BCUT2D eigenvalue weighted by atomic mass is 15.2. The van der Waals surface area contributed by atoms with Crippen molar-refractivity contribution in [3.05, 3.63) is 49.1 Å². The van der Waals surface area contributed by atoms with Crippen LogP contribution in [0, 0.1) is 0 Å². The highest BCUT2D eigenvalue weighted by Gasteiger charge is 2.20. The van der Waals surface area contributed by atoms with Gasteiger partial charge in [0.15, 0.2) is 0 Å². The van der Waals surface area contributed by atoms with Crippen LogP contribution < -0.4 is 10.2 Å². The van der Waals surface area contributed by atoms with Gasteiger partial charge >= 0.3 is 0 Å². The summed E-state index contributed by atoms with van der Waals surface area (Å²) in [5.41, 5.74) is 2.05. The van der Waals surface area contributed by atoms with E-state index in [1.165, 1.54) is 0 Å². The normalized spacial score (nSPS) is 18.3. The Morgan fingerprint density at radius 1 is 1.13 bits per heavy atom. The Bertz CT molecular complexity index is 818. The van der Waals surface area contributed by atoms with Crippen molar-refractivity contribution in [2.75, 3.05) is 24.5 Å². The monoisotopic (exact) mass is 305 g/mol. The quantitative estimate of drug-likeness (QED) is 0.788. The number of hydrogen-bond acceptors (Lipinski definition) is 5. The van der Waals surface area contributed by atoms with Crippen molar-refractivity contribution >= 4 is 16.6 Å². The van der Waals surface area contributed by atoms with E-state index in [1.807, 2.05) is 24.5 Å². The predicted molar refractivity (Wildman–Crippen MR) is 92.4 cm³/mol. The van der Waals surface area contributed by atoms with E-state index in [9.17, 15) is 0 Å². The minimum absolute atomic E-state index is 0.465. The van der Waals surface area contributed by atoms with Gasteiger partial charge in [0.1, 0.15) is 5.82 Å². The van der Waals surface area contributed by atoms with Crippen LogP contribution in [0.2, 0.25) is 0 Å². The topological polar surface area (TPSA) is 53.9 Å². The van der Waals surface area contributed by atoms with Crippen molar-refractivity contribution in [1.82, 2.24) is 20.3 Å². The lowest BCUT2D eigenvalue weighted by Crippen LogP contribution is -2.49. The van der Waals surface area contributed by atoms with E-state index in [0.29, 0.717) is 6.04 Å². The minimum Gasteiger partial charge on any atom is -0.353 e. The first-order valence-electron chi connectivity index (χ1n) is 7.95. The summed E-state index contributed by atoms with van der Waals surface area (Å²) in [7, 11) is 0. The second kappa shape index (κ2) is 5.93. The SMILES string of the molecule is C[C@H]1CN(c2nc(-c3ccncc3)cc3cnccc23)CCN1. The van der Waals surface area contributed by atoms with Crippen LogP contribution in [0.25, 0.3) is 22.0 Å². The predicted octanol–water partition coefficient (Wildman–Crippen LogP) is 2.49. The Hall–Kier alpha value is -2.53. The first-order valence-corrected chi connectivity index (χ1v) is 7.95. The molecule has 1 aliphatic rings. The van der Waals surface area contributed by atoms with Crippen LogP contribution in [0.5, 0.6) is 0 Å². The first kappa shape index (κ1) is 14.1. The molecule has 0 aromatic carbocycles. The highest BCUT2D eigenvalue weighted by Crippen LogP contribution is 2.29. The molecule has 1 fully saturated rings. The molecule has 0 aliphatic carbocycles. The maximum atomic E-state index is 4.97. The third kappa shape index (κ3) is 2.75. The van der Waals surface area contributed by atoms with Gasteiger partial charge in [-0.2, -0.15) is 0 Å². The summed E-state index contributed by atoms with van der Waals surface area (Å²) in [5.74, 6) is 1.05. The number of hydrogen-bond donors (Lipinski definition) is 1. The number of piperazine rings is 1. The van der Waals surface area contributed by atoms with E-state index in [-0.39, 0.29) is 0 Å². The van der Waals surface area contributed by atoms with E-state index in [0.717, 1.165) is 47.5 Å². The standard InChI is InChI=1S/C18H19N5/c1-13-12-23(9-8-21-13)18-16-4-7-20-11-15(16)10-17(22-18)14-2-5-19-6-3-14/h2-7,10-11,13,21H,8-9,12H2,1H3/t13-/m0/s1. The van der Waals surface area contributed by atoms with Crippen LogP contribution in [0.4, 0.5) is 5.82 Å². The maximum absolute atomic E-state index is 4.97. The van der Waals surface area contributed by atoms with Crippen LogP contribution in [0.1, 0.15) is 6.92 Å². The third-order valence-electron chi connectivity index (χ3n) is 4.26. The Balaban J connectivity index is 1.87. The summed E-state index contributed by atoms with van der Waals surface area (Å²) in [6.45, 7) is 5.12. The molecule has 0 radical (unpaired) electrons. The number of aromatic nitrogens is 3. The molecule has 0 bridgehead atoms. The zero-order chi connectivity index (χ0) is 15.6. The number of fused-ring (bicyclic) bond motifs is 1. The van der Waals surface area contributed by atoms with E-state index in [4.69, 9.17) is 4.98 Å². The largest absolute Gasteiger partial charge is 0.353 e. The zero-order valence-corrected chi connectivity index (χ0v) is 13.1. The van der Waals surface area contributed by atoms with Gasteiger partial charge in [0.2, 0.25) is 0 Å². The molecule has 0 spiro atoms. The van der Waals surface area contributed by atoms with E-state index >= 15 is 0 Å². The van der Waals surface area contributed by atoms with Crippen molar-refractivity contribution in [3.8, 4) is 11.3 Å². The number of nitrogens with zero attached hydrogens (tertiary/aromatic N) is 4. The lowest BCUT2D eigenvalue weighted by Gasteiger charge is -2.33. The number of pyridine rings is 3. The molecule has 0 amide bonds. The summed E-state index contributed by atoms with van der Waals surface area (Å²) in [4.78, 5) is 15.7. The van der Waals surface area contributed by atoms with Gasteiger partial charge in [0, 0.05) is 66.8 Å². The Morgan fingerprint density at radius 3 is 2.78 bits per heavy atom. The fourth-order valence-corrected chi connectivity index (χ4v) is 3.12. The lowest BCUT2D eigenvalue weighted by atomic mass is 10.1. The summed E-state index contributed by atoms with van der Waals surface area (Å²) in [5, 5.41) is 5.77. The third-order valence-corrected chi connectivity index (χ3v) is 4.26. The van der Waals surface area contributed by atoms with Crippen LogP contribution in [0.15, 0.2) is 49.1 Å². The van der Waals surface area contributed by atoms with Crippen molar-refractivity contribution in [3.63, 3.8) is 0 Å². The van der Waals surface area contributed by atoms with Gasteiger partial charge in [-0.1, -0.05) is 0 Å².